The van der Waals surface area contributed by atoms with Gasteiger partial charge in [-0.25, -0.2) is 0 Å². The first-order chi connectivity index (χ1) is 19.3. The molecule has 2 aliphatic heterocycles. The van der Waals surface area contributed by atoms with Crippen molar-refractivity contribution in [3.8, 4) is 11.1 Å². The Morgan fingerprint density at radius 1 is 0.700 bits per heavy atom. The van der Waals surface area contributed by atoms with Gasteiger partial charge in [0.2, 0.25) is 0 Å². The SMILES string of the molecule is O=C(c1ccc2c(-c3ccccc3C(F)(F)F)cccc2c1)N1CC(N[C@H]2CCN(C(=O)c3ccccc3)C2)C1. The Hall–Kier alpha value is -4.17. The molecule has 0 unspecified atom stereocenters. The van der Waals surface area contributed by atoms with Crippen molar-refractivity contribution in [2.45, 2.75) is 24.7 Å². The van der Waals surface area contributed by atoms with E-state index in [4.69, 9.17) is 0 Å². The Balaban J connectivity index is 1.10. The minimum Gasteiger partial charge on any atom is -0.337 e. The van der Waals surface area contributed by atoms with E-state index in [0.29, 0.717) is 53.6 Å². The summed E-state index contributed by atoms with van der Waals surface area (Å²) in [5.74, 6) is -0.0648. The number of carbonyl (C=O) groups excluding carboxylic acids is 2. The van der Waals surface area contributed by atoms with Crippen LogP contribution in [0, 0.1) is 0 Å². The van der Waals surface area contributed by atoms with Crippen molar-refractivity contribution < 1.29 is 22.8 Å². The Bertz CT molecular complexity index is 1560. The maximum atomic E-state index is 13.7. The summed E-state index contributed by atoms with van der Waals surface area (Å²) in [4.78, 5) is 29.5. The summed E-state index contributed by atoms with van der Waals surface area (Å²) >= 11 is 0. The third-order valence-electron chi connectivity index (χ3n) is 7.79. The van der Waals surface area contributed by atoms with Crippen molar-refractivity contribution in [1.29, 1.82) is 0 Å². The molecule has 4 aromatic carbocycles. The average Bonchev–Trinajstić information content (AvgIpc) is 3.42. The zero-order chi connectivity index (χ0) is 27.9. The molecule has 2 amide bonds. The Labute approximate surface area is 230 Å². The van der Waals surface area contributed by atoms with Gasteiger partial charge in [-0.3, -0.25) is 9.59 Å². The van der Waals surface area contributed by atoms with Crippen LogP contribution in [0.4, 0.5) is 13.2 Å². The molecule has 1 atom stereocenters. The van der Waals surface area contributed by atoms with E-state index < -0.39 is 11.7 Å². The number of hydrogen-bond acceptors (Lipinski definition) is 3. The monoisotopic (exact) mass is 543 g/mol. The van der Waals surface area contributed by atoms with Crippen molar-refractivity contribution in [3.05, 3.63) is 108 Å². The summed E-state index contributed by atoms with van der Waals surface area (Å²) in [6, 6.07) is 25.5. The maximum absolute atomic E-state index is 13.7. The van der Waals surface area contributed by atoms with Crippen LogP contribution in [0.1, 0.15) is 32.7 Å². The highest BCUT2D eigenvalue weighted by Gasteiger charge is 2.36. The minimum atomic E-state index is -4.47. The van der Waals surface area contributed by atoms with Crippen LogP contribution < -0.4 is 5.32 Å². The highest BCUT2D eigenvalue weighted by molar-refractivity contribution is 6.03. The first-order valence-electron chi connectivity index (χ1n) is 13.4. The number of fused-ring (bicyclic) bond motifs is 1. The van der Waals surface area contributed by atoms with Gasteiger partial charge in [0.15, 0.2) is 0 Å². The number of rotatable bonds is 5. The van der Waals surface area contributed by atoms with E-state index in [2.05, 4.69) is 5.32 Å². The second-order valence-electron chi connectivity index (χ2n) is 10.5. The molecule has 2 aliphatic rings. The molecule has 204 valence electrons. The molecular weight excluding hydrogens is 515 g/mol. The quantitative estimate of drug-likeness (QED) is 0.344. The number of hydrogen-bond donors (Lipinski definition) is 1. The van der Waals surface area contributed by atoms with E-state index in [1.807, 2.05) is 41.3 Å². The summed E-state index contributed by atoms with van der Waals surface area (Å²) < 4.78 is 41.0. The molecular formula is C32H28F3N3O2. The number of nitrogens with one attached hydrogen (secondary N) is 1. The van der Waals surface area contributed by atoms with Crippen LogP contribution in [0.3, 0.4) is 0 Å². The lowest BCUT2D eigenvalue weighted by molar-refractivity contribution is -0.137. The summed E-state index contributed by atoms with van der Waals surface area (Å²) in [6.07, 6.45) is -3.60. The minimum absolute atomic E-state index is 0.0386. The molecule has 0 aliphatic carbocycles. The van der Waals surface area contributed by atoms with Crippen molar-refractivity contribution in [2.75, 3.05) is 26.2 Å². The zero-order valence-corrected chi connectivity index (χ0v) is 21.7. The number of amides is 2. The fraction of sp³-hybridized carbons (Fsp3) is 0.250. The van der Waals surface area contributed by atoms with Crippen LogP contribution in [0.15, 0.2) is 91.0 Å². The average molecular weight is 544 g/mol. The van der Waals surface area contributed by atoms with Gasteiger partial charge >= 0.3 is 6.18 Å². The molecule has 2 saturated heterocycles. The molecule has 40 heavy (non-hydrogen) atoms. The third kappa shape index (κ3) is 5.07. The lowest BCUT2D eigenvalue weighted by Crippen LogP contribution is -2.62. The van der Waals surface area contributed by atoms with Crippen molar-refractivity contribution >= 4 is 22.6 Å². The third-order valence-corrected chi connectivity index (χ3v) is 7.79. The van der Waals surface area contributed by atoms with Crippen LogP contribution in [0.25, 0.3) is 21.9 Å². The maximum Gasteiger partial charge on any atom is 0.417 e. The fourth-order valence-corrected chi connectivity index (χ4v) is 5.73. The van der Waals surface area contributed by atoms with Gasteiger partial charge < -0.3 is 15.1 Å². The molecule has 4 aromatic rings. The smallest absolute Gasteiger partial charge is 0.337 e. The van der Waals surface area contributed by atoms with Gasteiger partial charge in [-0.15, -0.1) is 0 Å². The van der Waals surface area contributed by atoms with E-state index in [1.165, 1.54) is 12.1 Å². The molecule has 2 heterocycles. The Morgan fingerprint density at radius 2 is 1.38 bits per heavy atom. The number of nitrogens with zero attached hydrogens (tertiary/aromatic N) is 2. The molecule has 0 saturated carbocycles. The largest absolute Gasteiger partial charge is 0.417 e. The van der Waals surface area contributed by atoms with Crippen molar-refractivity contribution in [3.63, 3.8) is 0 Å². The van der Waals surface area contributed by atoms with Crippen LogP contribution in [-0.2, 0) is 6.18 Å². The van der Waals surface area contributed by atoms with Crippen LogP contribution in [-0.4, -0.2) is 59.9 Å². The predicted molar refractivity (Wildman–Crippen MR) is 148 cm³/mol. The predicted octanol–water partition coefficient (Wildman–Crippen LogP) is 5.85. The van der Waals surface area contributed by atoms with Gasteiger partial charge in [0.05, 0.1) is 5.56 Å². The van der Waals surface area contributed by atoms with Crippen LogP contribution in [0.2, 0.25) is 0 Å². The number of halogens is 3. The molecule has 0 spiro atoms. The van der Waals surface area contributed by atoms with E-state index >= 15 is 0 Å². The van der Waals surface area contributed by atoms with Crippen LogP contribution in [0.5, 0.6) is 0 Å². The summed E-state index contributed by atoms with van der Waals surface area (Å²) in [5.41, 5.74) is 1.11. The standard InChI is InChI=1S/C32H28F3N3O2/c33-32(34,35)29-12-5-4-10-28(29)27-11-6-9-22-17-23(13-14-26(22)27)31(40)38-19-25(20-38)36-24-15-16-37(18-24)30(39)21-7-2-1-3-8-21/h1-14,17,24-25,36H,15-16,18-20H2/t24-/m0/s1. The molecule has 8 heteroatoms. The number of alkyl halides is 3. The van der Waals surface area contributed by atoms with Gasteiger partial charge in [-0.05, 0) is 58.7 Å². The molecule has 5 nitrogen and oxygen atoms in total. The molecule has 0 radical (unpaired) electrons. The number of carbonyl (C=O) groups is 2. The van der Waals surface area contributed by atoms with Gasteiger partial charge in [0.1, 0.15) is 0 Å². The van der Waals surface area contributed by atoms with Gasteiger partial charge in [-0.2, -0.15) is 13.2 Å². The summed E-state index contributed by atoms with van der Waals surface area (Å²) in [5, 5.41) is 4.96. The lowest BCUT2D eigenvalue weighted by Gasteiger charge is -2.41. The lowest BCUT2D eigenvalue weighted by atomic mass is 9.93. The Kier molecular flexibility index (Phi) is 6.80. The van der Waals surface area contributed by atoms with Gasteiger partial charge in [0.25, 0.3) is 11.8 Å². The summed E-state index contributed by atoms with van der Waals surface area (Å²) in [6.45, 7) is 2.48. The van der Waals surface area contributed by atoms with E-state index in [-0.39, 0.29) is 29.5 Å². The molecule has 1 N–H and O–H groups in total. The topological polar surface area (TPSA) is 52.7 Å². The highest BCUT2D eigenvalue weighted by Crippen LogP contribution is 2.39. The molecule has 0 aromatic heterocycles. The molecule has 2 fully saturated rings. The van der Waals surface area contributed by atoms with E-state index in [9.17, 15) is 22.8 Å². The number of benzene rings is 4. The van der Waals surface area contributed by atoms with Crippen LogP contribution >= 0.6 is 0 Å². The van der Waals surface area contributed by atoms with E-state index in [0.717, 1.165) is 12.5 Å². The first kappa shape index (κ1) is 26.1. The fourth-order valence-electron chi connectivity index (χ4n) is 5.73. The first-order valence-corrected chi connectivity index (χ1v) is 13.4. The molecule has 0 bridgehead atoms. The Morgan fingerprint density at radius 3 is 2.15 bits per heavy atom. The number of likely N-dealkylation sites (tertiary alicyclic amines) is 2. The van der Waals surface area contributed by atoms with Crippen molar-refractivity contribution in [1.82, 2.24) is 15.1 Å². The second kappa shape index (κ2) is 10.4. The van der Waals surface area contributed by atoms with Gasteiger partial charge in [-0.1, -0.05) is 60.7 Å². The highest BCUT2D eigenvalue weighted by atomic mass is 19.4. The van der Waals surface area contributed by atoms with Crippen molar-refractivity contribution in [2.24, 2.45) is 0 Å². The second-order valence-corrected chi connectivity index (χ2v) is 10.5. The molecule has 6 rings (SSSR count). The summed E-state index contributed by atoms with van der Waals surface area (Å²) in [7, 11) is 0. The zero-order valence-electron chi connectivity index (χ0n) is 21.7. The van der Waals surface area contributed by atoms with E-state index in [1.54, 1.807) is 41.3 Å². The normalized spacial score (nSPS) is 17.7. The van der Waals surface area contributed by atoms with Gasteiger partial charge in [0, 0.05) is 49.4 Å².